The molecule has 1 unspecified atom stereocenters. The minimum atomic E-state index is -5.57. The highest BCUT2D eigenvalue weighted by Gasteiger charge is 2.46. The van der Waals surface area contributed by atoms with Crippen LogP contribution < -0.4 is 10.0 Å². The van der Waals surface area contributed by atoms with E-state index in [-0.39, 0.29) is 22.4 Å². The maximum absolute atomic E-state index is 14.2. The van der Waals surface area contributed by atoms with Crippen molar-refractivity contribution in [2.75, 3.05) is 7.11 Å². The second-order valence-electron chi connectivity index (χ2n) is 7.08. The summed E-state index contributed by atoms with van der Waals surface area (Å²) in [6, 6.07) is 10.7. The van der Waals surface area contributed by atoms with E-state index >= 15 is 0 Å². The number of carbonyl (C=O) groups excluding carboxylic acids is 2. The van der Waals surface area contributed by atoms with Gasteiger partial charge in [-0.05, 0) is 24.3 Å². The number of hydrogen-bond donors (Lipinski definition) is 0. The quantitative estimate of drug-likeness (QED) is 0.202. The number of carbonyl (C=O) groups is 2. The predicted octanol–water partition coefficient (Wildman–Crippen LogP) is 6.64. The van der Waals surface area contributed by atoms with Gasteiger partial charge in [-0.2, -0.15) is 26.3 Å². The van der Waals surface area contributed by atoms with Gasteiger partial charge in [-0.15, -0.1) is 0 Å². The number of halogens is 7. The third-order valence-electron chi connectivity index (χ3n) is 4.93. The molecular formula is C23H14ClF6O4P. The molecule has 3 rings (SSSR count). The number of hydrogen-bond acceptors (Lipinski definition) is 4. The molecule has 0 aromatic heterocycles. The van der Waals surface area contributed by atoms with Gasteiger partial charge in [-0.25, -0.2) is 0 Å². The van der Waals surface area contributed by atoms with Gasteiger partial charge >= 0.3 is 12.4 Å². The Morgan fingerprint density at radius 1 is 0.857 bits per heavy atom. The summed E-state index contributed by atoms with van der Waals surface area (Å²) in [5, 5.41) is -2.20. The maximum atomic E-state index is 14.2. The number of alkyl halides is 6. The van der Waals surface area contributed by atoms with E-state index in [0.29, 0.717) is 6.07 Å². The van der Waals surface area contributed by atoms with Crippen molar-refractivity contribution >= 4 is 36.0 Å². The lowest BCUT2D eigenvalue weighted by molar-refractivity contribution is -0.141. The topological polar surface area (TPSA) is 60.4 Å². The number of ether oxygens (including phenoxy) is 1. The summed E-state index contributed by atoms with van der Waals surface area (Å²) in [6.45, 7) is 0. The Hall–Kier alpha value is -3.10. The van der Waals surface area contributed by atoms with Gasteiger partial charge < -0.3 is 9.30 Å². The largest absolute Gasteiger partial charge is 0.496 e. The van der Waals surface area contributed by atoms with Crippen molar-refractivity contribution in [2.45, 2.75) is 12.4 Å². The maximum Gasteiger partial charge on any atom is 0.417 e. The number of ketones is 1. The SMILES string of the molecule is COc1cccc(Cl)c1C(=O)[PH](=O)c1c(C(F)(F)F)ccc(C(=O)c2ccccc2)c1C(F)(F)F. The average Bonchev–Trinajstić information content (AvgIpc) is 2.80. The smallest absolute Gasteiger partial charge is 0.417 e. The first-order chi connectivity index (χ1) is 16.3. The third kappa shape index (κ3) is 5.28. The monoisotopic (exact) mass is 534 g/mol. The van der Waals surface area contributed by atoms with Crippen LogP contribution in [0.2, 0.25) is 5.02 Å². The van der Waals surface area contributed by atoms with Crippen LogP contribution in [-0.2, 0) is 16.9 Å². The zero-order valence-electron chi connectivity index (χ0n) is 17.6. The molecule has 0 bridgehead atoms. The molecule has 184 valence electrons. The molecule has 1 atom stereocenters. The molecule has 0 aliphatic heterocycles. The van der Waals surface area contributed by atoms with Crippen LogP contribution in [0.5, 0.6) is 5.75 Å². The Bertz CT molecular complexity index is 1320. The first-order valence-corrected chi connectivity index (χ1v) is 11.4. The molecular weight excluding hydrogens is 521 g/mol. The molecule has 3 aromatic rings. The van der Waals surface area contributed by atoms with Gasteiger partial charge in [0, 0.05) is 16.4 Å². The molecule has 0 radical (unpaired) electrons. The lowest BCUT2D eigenvalue weighted by Crippen LogP contribution is -2.30. The van der Waals surface area contributed by atoms with Crippen LogP contribution in [0.25, 0.3) is 0 Å². The molecule has 4 nitrogen and oxygen atoms in total. The summed E-state index contributed by atoms with van der Waals surface area (Å²) in [5.74, 6) is -1.55. The summed E-state index contributed by atoms with van der Waals surface area (Å²) in [6.07, 6.45) is -11.0. The minimum absolute atomic E-state index is 0.209. The Morgan fingerprint density at radius 3 is 2.03 bits per heavy atom. The number of methoxy groups -OCH3 is 1. The second kappa shape index (κ2) is 9.87. The number of benzene rings is 3. The lowest BCUT2D eigenvalue weighted by Gasteiger charge is -2.21. The van der Waals surface area contributed by atoms with E-state index in [9.17, 15) is 40.5 Å². The van der Waals surface area contributed by atoms with E-state index in [1.54, 1.807) is 0 Å². The fraction of sp³-hybridized carbons (Fsp3) is 0.130. The highest BCUT2D eigenvalue weighted by molar-refractivity contribution is 7.71. The van der Waals surface area contributed by atoms with Crippen LogP contribution in [-0.4, -0.2) is 18.4 Å². The van der Waals surface area contributed by atoms with Crippen LogP contribution in [0.3, 0.4) is 0 Å². The Morgan fingerprint density at radius 2 is 1.49 bits per heavy atom. The second-order valence-corrected chi connectivity index (χ2v) is 9.10. The fourth-order valence-corrected chi connectivity index (χ4v) is 5.44. The Balaban J connectivity index is 2.37. The normalized spacial score (nSPS) is 12.8. The summed E-state index contributed by atoms with van der Waals surface area (Å²) in [7, 11) is -3.47. The highest BCUT2D eigenvalue weighted by atomic mass is 35.5. The molecule has 0 saturated carbocycles. The summed E-state index contributed by atoms with van der Waals surface area (Å²) >= 11 is 5.93. The van der Waals surface area contributed by atoms with Crippen LogP contribution in [0, 0.1) is 0 Å². The van der Waals surface area contributed by atoms with Gasteiger partial charge in [0.15, 0.2) is 13.6 Å². The van der Waals surface area contributed by atoms with Gasteiger partial charge in [-0.3, -0.25) is 9.59 Å². The van der Waals surface area contributed by atoms with E-state index in [1.807, 2.05) is 0 Å². The van der Waals surface area contributed by atoms with Crippen molar-refractivity contribution in [2.24, 2.45) is 0 Å². The zero-order valence-corrected chi connectivity index (χ0v) is 19.3. The van der Waals surface area contributed by atoms with E-state index in [4.69, 9.17) is 16.3 Å². The summed E-state index contributed by atoms with van der Waals surface area (Å²) in [5.41, 5.74) is -7.69. The van der Waals surface area contributed by atoms with Gasteiger partial charge in [-0.1, -0.05) is 48.0 Å². The molecule has 0 aliphatic rings. The summed E-state index contributed by atoms with van der Waals surface area (Å²) < 4.78 is 102. The van der Waals surface area contributed by atoms with Crippen LogP contribution in [0.1, 0.15) is 37.4 Å². The van der Waals surface area contributed by atoms with Gasteiger partial charge in [0.05, 0.1) is 28.8 Å². The Labute approximate surface area is 200 Å². The molecule has 0 N–H and O–H groups in total. The van der Waals surface area contributed by atoms with Crippen LogP contribution in [0.4, 0.5) is 26.3 Å². The van der Waals surface area contributed by atoms with Gasteiger partial charge in [0.2, 0.25) is 5.52 Å². The average molecular weight is 535 g/mol. The van der Waals surface area contributed by atoms with Gasteiger partial charge in [0.25, 0.3) is 0 Å². The number of rotatable bonds is 6. The van der Waals surface area contributed by atoms with E-state index in [1.165, 1.54) is 42.5 Å². The van der Waals surface area contributed by atoms with Crippen molar-refractivity contribution in [3.63, 3.8) is 0 Å². The van der Waals surface area contributed by atoms with Gasteiger partial charge in [0.1, 0.15) is 5.75 Å². The predicted molar refractivity (Wildman–Crippen MR) is 117 cm³/mol. The van der Waals surface area contributed by atoms with Crippen molar-refractivity contribution in [1.29, 1.82) is 0 Å². The first kappa shape index (κ1) is 26.5. The zero-order chi connectivity index (χ0) is 26.1. The Kier molecular flexibility index (Phi) is 7.48. The molecule has 0 heterocycles. The van der Waals surface area contributed by atoms with E-state index < -0.39 is 59.0 Å². The van der Waals surface area contributed by atoms with Crippen molar-refractivity contribution < 1.29 is 45.2 Å². The molecule has 35 heavy (non-hydrogen) atoms. The van der Waals surface area contributed by atoms with E-state index in [0.717, 1.165) is 13.2 Å². The van der Waals surface area contributed by atoms with Crippen molar-refractivity contribution in [3.8, 4) is 5.75 Å². The van der Waals surface area contributed by atoms with Crippen molar-refractivity contribution in [1.82, 2.24) is 0 Å². The first-order valence-electron chi connectivity index (χ1n) is 9.61. The fourth-order valence-electron chi connectivity index (χ4n) is 3.43. The minimum Gasteiger partial charge on any atom is -0.496 e. The standard InChI is InChI=1S/C23H14ClF6O4P/c1-34-16-9-5-8-15(24)17(16)21(32)35(33)20-14(22(25,26)27)11-10-13(18(20)23(28,29)30)19(31)12-6-3-2-4-7-12/h2-11,35H,1H3. The molecule has 0 saturated heterocycles. The lowest BCUT2D eigenvalue weighted by atomic mass is 9.95. The summed E-state index contributed by atoms with van der Waals surface area (Å²) in [4.78, 5) is 25.8. The molecule has 0 aliphatic carbocycles. The van der Waals surface area contributed by atoms with Crippen LogP contribution >= 0.6 is 19.4 Å². The molecule has 0 fully saturated rings. The van der Waals surface area contributed by atoms with Crippen LogP contribution in [0.15, 0.2) is 60.7 Å². The van der Waals surface area contributed by atoms with E-state index in [2.05, 4.69) is 0 Å². The highest BCUT2D eigenvalue weighted by Crippen LogP contribution is 2.44. The molecule has 3 aromatic carbocycles. The third-order valence-corrected chi connectivity index (χ3v) is 6.88. The van der Waals surface area contributed by atoms with Crippen molar-refractivity contribution in [3.05, 3.63) is 93.5 Å². The molecule has 0 spiro atoms. The molecule has 0 amide bonds. The molecule has 12 heteroatoms.